The van der Waals surface area contributed by atoms with Gasteiger partial charge >= 0.3 is 0 Å². The molecule has 1 atom stereocenters. The van der Waals surface area contributed by atoms with Gasteiger partial charge in [0.05, 0.1) is 31.8 Å². The zero-order valence-electron chi connectivity index (χ0n) is 18.4. The summed E-state index contributed by atoms with van der Waals surface area (Å²) in [7, 11) is 3.08. The minimum absolute atomic E-state index is 0.0597. The Labute approximate surface area is 186 Å². The second kappa shape index (κ2) is 19.2. The lowest BCUT2D eigenvalue weighted by Crippen LogP contribution is -2.19. The lowest BCUT2D eigenvalue weighted by molar-refractivity contribution is -0.105. The molecule has 0 saturated carbocycles. The van der Waals surface area contributed by atoms with Crippen molar-refractivity contribution in [3.8, 4) is 18.7 Å². The van der Waals surface area contributed by atoms with Crippen molar-refractivity contribution in [2.75, 3.05) is 33.0 Å². The van der Waals surface area contributed by atoms with E-state index in [0.29, 0.717) is 23.5 Å². The van der Waals surface area contributed by atoms with Gasteiger partial charge in [0, 0.05) is 18.7 Å². The Morgan fingerprint density at radius 1 is 1.31 bits per heavy atom. The number of hydrogen-bond acceptors (Lipinski definition) is 6. The van der Waals surface area contributed by atoms with E-state index in [1.807, 2.05) is 6.92 Å². The van der Waals surface area contributed by atoms with Crippen LogP contribution in [0.2, 0.25) is 0 Å². The van der Waals surface area contributed by atoms with Crippen LogP contribution in [0.4, 0.5) is 18.9 Å². The third kappa shape index (κ3) is 13.4. The first kappa shape index (κ1) is 30.4. The average Bonchev–Trinajstić information content (AvgIpc) is 2.81. The Morgan fingerprint density at radius 2 is 1.94 bits per heavy atom. The molecule has 0 spiro atoms. The molecule has 1 heterocycles. The molecule has 3 N–H and O–H groups in total. The number of nitrogens with zero attached hydrogens (tertiary/aromatic N) is 3. The quantitative estimate of drug-likeness (QED) is 0.299. The van der Waals surface area contributed by atoms with Gasteiger partial charge in [-0.1, -0.05) is 6.92 Å². The van der Waals surface area contributed by atoms with Gasteiger partial charge in [0.1, 0.15) is 5.82 Å². The van der Waals surface area contributed by atoms with E-state index < -0.39 is 6.93 Å². The number of carbonyl (C=O) groups excluding carboxylic acids is 1. The maximum absolute atomic E-state index is 13.6. The third-order valence-electron chi connectivity index (χ3n) is 3.42. The summed E-state index contributed by atoms with van der Waals surface area (Å²) in [6, 6.07) is 4.42. The molecule has 2 aromatic rings. The van der Waals surface area contributed by atoms with E-state index in [0.717, 1.165) is 5.69 Å². The van der Waals surface area contributed by atoms with E-state index >= 15 is 0 Å². The molecular weight excluding hydrogens is 427 g/mol. The average molecular weight is 455 g/mol. The van der Waals surface area contributed by atoms with E-state index in [9.17, 15) is 18.0 Å². The molecule has 2 rings (SSSR count). The van der Waals surface area contributed by atoms with Gasteiger partial charge in [0.2, 0.25) is 19.2 Å². The maximum atomic E-state index is 13.6. The predicted molar refractivity (Wildman–Crippen MR) is 118 cm³/mol. The topological polar surface area (TPSA) is 112 Å². The summed E-state index contributed by atoms with van der Waals surface area (Å²) < 4.78 is 42.8. The fraction of sp³-hybridized carbons (Fsp3) is 0.333. The Morgan fingerprint density at radius 3 is 2.41 bits per heavy atom. The van der Waals surface area contributed by atoms with E-state index in [1.165, 1.54) is 19.2 Å². The van der Waals surface area contributed by atoms with Crippen LogP contribution in [0.15, 0.2) is 35.6 Å². The number of carbonyl (C=O) groups is 1. The molecule has 1 amide bonds. The Kier molecular flexibility index (Phi) is 18.2. The number of methoxy groups -OCH3 is 1. The fourth-order valence-electron chi connectivity index (χ4n) is 1.93. The summed E-state index contributed by atoms with van der Waals surface area (Å²) in [5.74, 6) is -0.00569. The van der Waals surface area contributed by atoms with Gasteiger partial charge in [-0.15, -0.1) is 12.8 Å². The number of aryl methyl sites for hydroxylation is 1. The molecule has 1 aromatic heterocycles. The molecule has 0 aliphatic heterocycles. The van der Waals surface area contributed by atoms with E-state index in [-0.39, 0.29) is 24.4 Å². The molecule has 8 nitrogen and oxygen atoms in total. The first-order valence-electron chi connectivity index (χ1n) is 8.95. The van der Waals surface area contributed by atoms with Crippen molar-refractivity contribution >= 4 is 18.1 Å². The second-order valence-electron chi connectivity index (χ2n) is 5.57. The minimum Gasteiger partial charge on any atom is -0.480 e. The number of rotatable bonds is 6. The number of alkyl halides is 2. The molecule has 1 aromatic carbocycles. The molecule has 176 valence electrons. The highest BCUT2D eigenvalue weighted by molar-refractivity contribution is 5.72. The molecule has 0 saturated heterocycles. The molecule has 0 radical (unpaired) electrons. The highest BCUT2D eigenvalue weighted by atomic mass is 19.3. The van der Waals surface area contributed by atoms with Crippen LogP contribution in [0.25, 0.3) is 0 Å². The molecule has 0 aliphatic carbocycles. The number of anilines is 1. The molecular formula is C21H28F3N5O3. The summed E-state index contributed by atoms with van der Waals surface area (Å²) in [6.45, 7) is 2.14. The fourth-order valence-corrected chi connectivity index (χ4v) is 1.93. The lowest BCUT2D eigenvalue weighted by atomic mass is 10.0. The molecule has 32 heavy (non-hydrogen) atoms. The van der Waals surface area contributed by atoms with Crippen LogP contribution in [0, 0.1) is 25.6 Å². The van der Waals surface area contributed by atoms with Gasteiger partial charge in [-0.05, 0) is 30.7 Å². The zero-order chi connectivity index (χ0) is 24.9. The third-order valence-corrected chi connectivity index (χ3v) is 3.42. The number of nitrogens with one attached hydrogen (secondary N) is 1. The van der Waals surface area contributed by atoms with Crippen molar-refractivity contribution in [1.29, 1.82) is 0 Å². The summed E-state index contributed by atoms with van der Waals surface area (Å²) in [6.07, 6.45) is 11.8. The van der Waals surface area contributed by atoms with Crippen molar-refractivity contribution in [2.45, 2.75) is 19.8 Å². The van der Waals surface area contributed by atoms with Gasteiger partial charge in [-0.3, -0.25) is 9.78 Å². The number of terminal acetylenes is 1. The van der Waals surface area contributed by atoms with Crippen molar-refractivity contribution in [1.82, 2.24) is 9.97 Å². The van der Waals surface area contributed by atoms with Crippen LogP contribution in [-0.2, 0) is 9.53 Å². The number of aliphatic imine (C=N–C) groups is 1. The van der Waals surface area contributed by atoms with Gasteiger partial charge in [0.25, 0.3) is 6.02 Å². The first-order chi connectivity index (χ1) is 15.3. The SMILES string of the molecule is C#C.CN=C(N)OC[C@H](C)c1cc(NC=O)ccc1F.COc1cnc(C)cn1.FCF. The number of aromatic nitrogens is 2. The number of nitrogens with two attached hydrogens (primary N) is 1. The van der Waals surface area contributed by atoms with Crippen LogP contribution in [0.5, 0.6) is 5.88 Å². The Hall–Kier alpha value is -3.81. The zero-order valence-corrected chi connectivity index (χ0v) is 18.4. The number of hydrogen-bond donors (Lipinski definition) is 2. The number of amides is 1. The number of ether oxygens (including phenoxy) is 2. The monoisotopic (exact) mass is 455 g/mol. The summed E-state index contributed by atoms with van der Waals surface area (Å²) in [5.41, 5.74) is 7.27. The molecule has 0 bridgehead atoms. The highest BCUT2D eigenvalue weighted by Crippen LogP contribution is 2.22. The van der Waals surface area contributed by atoms with Gasteiger partial charge in [0.15, 0.2) is 0 Å². The normalized spacial score (nSPS) is 10.5. The van der Waals surface area contributed by atoms with Crippen molar-refractivity contribution in [2.24, 2.45) is 10.7 Å². The smallest absolute Gasteiger partial charge is 0.281 e. The molecule has 11 heteroatoms. The van der Waals surface area contributed by atoms with E-state index in [2.05, 4.69) is 33.1 Å². The number of halogens is 3. The Balaban J connectivity index is 0. The maximum Gasteiger partial charge on any atom is 0.281 e. The summed E-state index contributed by atoms with van der Waals surface area (Å²) in [4.78, 5) is 21.9. The lowest BCUT2D eigenvalue weighted by Gasteiger charge is -2.14. The van der Waals surface area contributed by atoms with Crippen LogP contribution in [0.1, 0.15) is 24.1 Å². The van der Waals surface area contributed by atoms with E-state index in [4.69, 9.17) is 15.2 Å². The van der Waals surface area contributed by atoms with Crippen molar-refractivity contribution in [3.05, 3.63) is 47.7 Å². The van der Waals surface area contributed by atoms with Crippen molar-refractivity contribution < 1.29 is 27.4 Å². The van der Waals surface area contributed by atoms with E-state index in [1.54, 1.807) is 32.5 Å². The van der Waals surface area contributed by atoms with Crippen LogP contribution >= 0.6 is 0 Å². The number of benzene rings is 1. The highest BCUT2D eigenvalue weighted by Gasteiger charge is 2.13. The van der Waals surface area contributed by atoms with Gasteiger partial charge in [-0.25, -0.2) is 23.1 Å². The standard InChI is InChI=1S/C12H16FN3O2.C6H8N2O.C2H2.CH2F2/c1-8(6-18-12(14)15-2)10-5-9(16-7-17)3-4-11(10)13;1-5-3-8-6(9-2)4-7-5;1-2;2-1-3/h3-5,7-8H,6H2,1-2H3,(H2,14,15)(H,16,17);3-4H,1-2H3;1-2H;1H2/t8-;;;/m0.../s1. The second-order valence-corrected chi connectivity index (χ2v) is 5.57. The van der Waals surface area contributed by atoms with Crippen LogP contribution in [-0.4, -0.2) is 50.1 Å². The van der Waals surface area contributed by atoms with Crippen molar-refractivity contribution in [3.63, 3.8) is 0 Å². The van der Waals surface area contributed by atoms with Gasteiger partial charge < -0.3 is 20.5 Å². The molecule has 0 unspecified atom stereocenters. The van der Waals surface area contributed by atoms with Gasteiger partial charge in [-0.2, -0.15) is 0 Å². The van der Waals surface area contributed by atoms with Crippen LogP contribution < -0.4 is 15.8 Å². The van der Waals surface area contributed by atoms with Crippen LogP contribution in [0.3, 0.4) is 0 Å². The largest absolute Gasteiger partial charge is 0.480 e. The molecule has 0 fully saturated rings. The number of amidine groups is 1. The Bertz CT molecular complexity index is 818. The summed E-state index contributed by atoms with van der Waals surface area (Å²) in [5, 5.41) is 2.47. The minimum atomic E-state index is -1.75. The summed E-state index contributed by atoms with van der Waals surface area (Å²) >= 11 is 0. The molecule has 0 aliphatic rings. The first-order valence-corrected chi connectivity index (χ1v) is 8.95. The predicted octanol–water partition coefficient (Wildman–Crippen LogP) is 3.38.